The van der Waals surface area contributed by atoms with Crippen molar-refractivity contribution in [2.24, 2.45) is 10.7 Å². The minimum absolute atomic E-state index is 0.119. The fourth-order valence-electron chi connectivity index (χ4n) is 2.32. The lowest BCUT2D eigenvalue weighted by molar-refractivity contribution is -0.384. The Hall–Kier alpha value is -3.00. The van der Waals surface area contributed by atoms with E-state index in [4.69, 9.17) is 22.1 Å². The van der Waals surface area contributed by atoms with Crippen molar-refractivity contribution in [3.8, 4) is 5.75 Å². The number of hydrogen-bond donors (Lipinski definition) is 2. The lowest BCUT2D eigenvalue weighted by atomic mass is 10.2. The fraction of sp³-hybridized carbons (Fsp3) is 0.235. The van der Waals surface area contributed by atoms with E-state index in [0.717, 1.165) is 11.3 Å². The molecule has 9 heteroatoms. The molecule has 3 N–H and O–H groups in total. The second-order valence-corrected chi connectivity index (χ2v) is 5.92. The molecule has 0 aliphatic carbocycles. The lowest BCUT2D eigenvalue weighted by Gasteiger charge is -2.18. The van der Waals surface area contributed by atoms with Crippen LogP contribution in [0.15, 0.2) is 41.4 Å². The first kappa shape index (κ1) is 19.3. The number of nitro benzene ring substituents is 1. The predicted molar refractivity (Wildman–Crippen MR) is 104 cm³/mol. The Morgan fingerprint density at radius 3 is 2.73 bits per heavy atom. The number of anilines is 2. The molecule has 0 radical (unpaired) electrons. The summed E-state index contributed by atoms with van der Waals surface area (Å²) >= 11 is 5.93. The van der Waals surface area contributed by atoms with E-state index in [1.165, 1.54) is 18.1 Å². The molecule has 0 heterocycles. The molecular weight excluding hydrogens is 358 g/mol. The van der Waals surface area contributed by atoms with E-state index in [9.17, 15) is 10.1 Å². The number of aliphatic imine (C=N–C) groups is 1. The first-order valence-corrected chi connectivity index (χ1v) is 8.07. The average molecular weight is 378 g/mol. The normalized spacial score (nSPS) is 11.2. The van der Waals surface area contributed by atoms with Crippen molar-refractivity contribution in [2.45, 2.75) is 6.92 Å². The second kappa shape index (κ2) is 8.39. The zero-order valence-electron chi connectivity index (χ0n) is 14.7. The van der Waals surface area contributed by atoms with Gasteiger partial charge < -0.3 is 20.7 Å². The number of rotatable bonds is 6. The smallest absolute Gasteiger partial charge is 0.296 e. The molecule has 0 atom stereocenters. The molecule has 2 aromatic rings. The summed E-state index contributed by atoms with van der Waals surface area (Å²) in [6.07, 6.45) is 0. The minimum Gasteiger partial charge on any atom is -0.496 e. The van der Waals surface area contributed by atoms with E-state index in [1.54, 1.807) is 25.2 Å². The number of halogens is 1. The van der Waals surface area contributed by atoms with Gasteiger partial charge in [-0.15, -0.1) is 0 Å². The Bertz CT molecular complexity index is 841. The fourth-order valence-corrected chi connectivity index (χ4v) is 2.55. The number of nitrogens with two attached hydrogens (primary N) is 1. The highest BCUT2D eigenvalue weighted by Gasteiger charge is 2.20. The first-order valence-electron chi connectivity index (χ1n) is 7.69. The molecule has 0 aromatic heterocycles. The van der Waals surface area contributed by atoms with E-state index >= 15 is 0 Å². The topological polar surface area (TPSA) is 106 Å². The van der Waals surface area contributed by atoms with Gasteiger partial charge in [0.05, 0.1) is 18.1 Å². The standard InChI is InChI=1S/C17H20ClN5O3/c1-11-8-12(18)4-6-14(11)20-10-21-17(19)22(2)15-7-5-13(26-3)9-16(15)23(24)25/h4-9,20H,10H2,1-3H3,(H2,19,21). The highest BCUT2D eigenvalue weighted by molar-refractivity contribution is 6.30. The molecule has 0 spiro atoms. The van der Waals surface area contributed by atoms with Gasteiger partial charge in [-0.05, 0) is 42.8 Å². The monoisotopic (exact) mass is 377 g/mol. The molecule has 0 unspecified atom stereocenters. The summed E-state index contributed by atoms with van der Waals surface area (Å²) in [6.45, 7) is 2.14. The van der Waals surface area contributed by atoms with Crippen molar-refractivity contribution in [3.63, 3.8) is 0 Å². The van der Waals surface area contributed by atoms with Crippen LogP contribution in [0, 0.1) is 17.0 Å². The number of methoxy groups -OCH3 is 1. The molecule has 2 rings (SSSR count). The summed E-state index contributed by atoms with van der Waals surface area (Å²) in [7, 11) is 3.06. The Kier molecular flexibility index (Phi) is 6.24. The zero-order chi connectivity index (χ0) is 19.3. The molecule has 0 bridgehead atoms. The number of guanidine groups is 1. The molecule has 138 valence electrons. The van der Waals surface area contributed by atoms with Crippen LogP contribution in [0.25, 0.3) is 0 Å². The minimum atomic E-state index is -0.489. The molecule has 0 fully saturated rings. The third-order valence-corrected chi connectivity index (χ3v) is 4.02. The highest BCUT2D eigenvalue weighted by Crippen LogP contribution is 2.31. The van der Waals surface area contributed by atoms with Crippen LogP contribution in [-0.2, 0) is 0 Å². The SMILES string of the molecule is COc1ccc(N(C)C(N)=NCNc2ccc(Cl)cc2C)c([N+](=O)[O-])c1. The van der Waals surface area contributed by atoms with Gasteiger partial charge in [0.2, 0.25) is 0 Å². The third kappa shape index (κ3) is 4.54. The number of nitrogens with one attached hydrogen (secondary N) is 1. The van der Waals surface area contributed by atoms with Crippen molar-refractivity contribution in [3.05, 3.63) is 57.1 Å². The van der Waals surface area contributed by atoms with Gasteiger partial charge in [0, 0.05) is 17.8 Å². The summed E-state index contributed by atoms with van der Waals surface area (Å²) in [5.41, 5.74) is 8.03. The van der Waals surface area contributed by atoms with Crippen LogP contribution in [0.1, 0.15) is 5.56 Å². The van der Waals surface area contributed by atoms with E-state index in [2.05, 4.69) is 10.3 Å². The van der Waals surface area contributed by atoms with Gasteiger partial charge in [0.25, 0.3) is 5.69 Å². The number of hydrogen-bond acceptors (Lipinski definition) is 5. The maximum absolute atomic E-state index is 11.3. The van der Waals surface area contributed by atoms with Crippen molar-refractivity contribution >= 4 is 34.6 Å². The summed E-state index contributed by atoms with van der Waals surface area (Å²) in [4.78, 5) is 16.5. The van der Waals surface area contributed by atoms with Crippen LogP contribution in [0.2, 0.25) is 5.02 Å². The van der Waals surface area contributed by atoms with E-state index in [-0.39, 0.29) is 18.3 Å². The van der Waals surface area contributed by atoms with Gasteiger partial charge in [-0.1, -0.05) is 11.6 Å². The lowest BCUT2D eigenvalue weighted by Crippen LogP contribution is -2.35. The zero-order valence-corrected chi connectivity index (χ0v) is 15.4. The van der Waals surface area contributed by atoms with E-state index < -0.39 is 4.92 Å². The van der Waals surface area contributed by atoms with Crippen LogP contribution in [0.4, 0.5) is 17.1 Å². The Morgan fingerprint density at radius 1 is 1.38 bits per heavy atom. The molecule has 0 aliphatic rings. The maximum atomic E-state index is 11.3. The number of nitro groups is 1. The van der Waals surface area contributed by atoms with Gasteiger partial charge >= 0.3 is 0 Å². The van der Waals surface area contributed by atoms with Gasteiger partial charge in [0.1, 0.15) is 18.1 Å². The van der Waals surface area contributed by atoms with Crippen molar-refractivity contribution in [2.75, 3.05) is 31.0 Å². The number of ether oxygens (including phenoxy) is 1. The Balaban J connectivity index is 2.14. The van der Waals surface area contributed by atoms with Gasteiger partial charge in [-0.2, -0.15) is 0 Å². The molecule has 2 aromatic carbocycles. The predicted octanol–water partition coefficient (Wildman–Crippen LogP) is 3.39. The van der Waals surface area contributed by atoms with Gasteiger partial charge in [-0.3, -0.25) is 10.1 Å². The van der Waals surface area contributed by atoms with Crippen LogP contribution < -0.4 is 20.7 Å². The second-order valence-electron chi connectivity index (χ2n) is 5.48. The summed E-state index contributed by atoms with van der Waals surface area (Å²) < 4.78 is 5.03. The average Bonchev–Trinajstić information content (AvgIpc) is 2.62. The van der Waals surface area contributed by atoms with Crippen molar-refractivity contribution < 1.29 is 9.66 Å². The Morgan fingerprint density at radius 2 is 2.12 bits per heavy atom. The van der Waals surface area contributed by atoms with E-state index in [0.29, 0.717) is 16.5 Å². The van der Waals surface area contributed by atoms with Crippen molar-refractivity contribution in [1.82, 2.24) is 0 Å². The largest absolute Gasteiger partial charge is 0.496 e. The first-order chi connectivity index (χ1) is 12.3. The molecule has 0 saturated heterocycles. The molecule has 0 amide bonds. The molecule has 26 heavy (non-hydrogen) atoms. The van der Waals surface area contributed by atoms with Crippen molar-refractivity contribution in [1.29, 1.82) is 0 Å². The quantitative estimate of drug-likeness (QED) is 0.346. The maximum Gasteiger partial charge on any atom is 0.296 e. The summed E-state index contributed by atoms with van der Waals surface area (Å²) in [6, 6.07) is 9.99. The molecule has 8 nitrogen and oxygen atoms in total. The number of nitrogens with zero attached hydrogens (tertiary/aromatic N) is 3. The van der Waals surface area contributed by atoms with Gasteiger partial charge in [0.15, 0.2) is 5.96 Å². The van der Waals surface area contributed by atoms with Gasteiger partial charge in [-0.25, -0.2) is 4.99 Å². The molecule has 0 aliphatic heterocycles. The molecular formula is C17H20ClN5O3. The number of aryl methyl sites for hydroxylation is 1. The van der Waals surface area contributed by atoms with E-state index in [1.807, 2.05) is 19.1 Å². The summed E-state index contributed by atoms with van der Waals surface area (Å²) in [5.74, 6) is 0.529. The highest BCUT2D eigenvalue weighted by atomic mass is 35.5. The van der Waals surface area contributed by atoms with Crippen LogP contribution in [0.5, 0.6) is 5.75 Å². The Labute approximate surface area is 156 Å². The van der Waals surface area contributed by atoms with Crippen LogP contribution >= 0.6 is 11.6 Å². The van der Waals surface area contributed by atoms with Crippen LogP contribution in [-0.4, -0.2) is 31.7 Å². The third-order valence-electron chi connectivity index (χ3n) is 3.78. The molecule has 0 saturated carbocycles. The van der Waals surface area contributed by atoms with Crippen LogP contribution in [0.3, 0.4) is 0 Å². The summed E-state index contributed by atoms with van der Waals surface area (Å²) in [5, 5.41) is 15.1. The number of benzene rings is 2.